The molecule has 5 N–H and O–H groups in total. The molecular formula is C13H16N4O6S. The van der Waals surface area contributed by atoms with E-state index in [1.165, 1.54) is 6.08 Å². The second kappa shape index (κ2) is 6.45. The summed E-state index contributed by atoms with van der Waals surface area (Å²) in [6.07, 6.45) is -3.46. The van der Waals surface area contributed by atoms with E-state index in [4.69, 9.17) is 15.2 Å². The Morgan fingerprint density at radius 3 is 2.79 bits per heavy atom. The molecule has 11 heteroatoms. The van der Waals surface area contributed by atoms with Gasteiger partial charge in [0.25, 0.3) is 0 Å². The third kappa shape index (κ3) is 2.65. The second-order valence-corrected chi connectivity index (χ2v) is 6.07. The number of rotatable bonds is 5. The van der Waals surface area contributed by atoms with E-state index in [1.807, 2.05) is 0 Å². The lowest BCUT2D eigenvalue weighted by Gasteiger charge is -2.16. The first-order valence-corrected chi connectivity index (χ1v) is 7.84. The van der Waals surface area contributed by atoms with E-state index in [2.05, 4.69) is 16.5 Å². The predicted molar refractivity (Wildman–Crippen MR) is 84.8 cm³/mol. The highest BCUT2D eigenvalue weighted by Crippen LogP contribution is 2.34. The Labute approximate surface area is 139 Å². The van der Waals surface area contributed by atoms with Crippen molar-refractivity contribution in [3.63, 3.8) is 0 Å². The van der Waals surface area contributed by atoms with E-state index in [1.54, 1.807) is 0 Å². The average Bonchev–Trinajstić information content (AvgIpc) is 3.02. The number of fused-ring (bicyclic) bond motifs is 1. The number of nitrogens with zero attached hydrogens (tertiary/aromatic N) is 3. The Morgan fingerprint density at radius 2 is 2.17 bits per heavy atom. The molecule has 4 atom stereocenters. The monoisotopic (exact) mass is 356 g/mol. The van der Waals surface area contributed by atoms with Crippen LogP contribution in [0.5, 0.6) is 5.88 Å². The molecule has 0 saturated carbocycles. The third-order valence-electron chi connectivity index (χ3n) is 3.56. The number of hydrogen-bond acceptors (Lipinski definition) is 10. The molecule has 0 unspecified atom stereocenters. The molecular weight excluding hydrogens is 340 g/mol. The Bertz CT molecular complexity index is 821. The van der Waals surface area contributed by atoms with Crippen molar-refractivity contribution >= 4 is 27.6 Å². The lowest BCUT2D eigenvalue weighted by molar-refractivity contribution is -0.0518. The zero-order valence-corrected chi connectivity index (χ0v) is 13.2. The van der Waals surface area contributed by atoms with Crippen LogP contribution in [0.25, 0.3) is 10.3 Å². The summed E-state index contributed by atoms with van der Waals surface area (Å²) >= 11 is 0.796. The summed E-state index contributed by atoms with van der Waals surface area (Å²) in [7, 11) is 0. The second-order valence-electron chi connectivity index (χ2n) is 5.11. The van der Waals surface area contributed by atoms with Crippen molar-refractivity contribution in [3.8, 4) is 5.88 Å². The Morgan fingerprint density at radius 1 is 1.42 bits per heavy atom. The van der Waals surface area contributed by atoms with Crippen LogP contribution in [0.4, 0.5) is 5.95 Å². The van der Waals surface area contributed by atoms with Crippen LogP contribution in [0.1, 0.15) is 6.23 Å². The smallest absolute Gasteiger partial charge is 0.311 e. The molecule has 2 aromatic rings. The maximum absolute atomic E-state index is 12.4. The van der Waals surface area contributed by atoms with Gasteiger partial charge in [-0.2, -0.15) is 9.97 Å². The van der Waals surface area contributed by atoms with Crippen molar-refractivity contribution in [1.29, 1.82) is 0 Å². The lowest BCUT2D eigenvalue weighted by atomic mass is 10.1. The fourth-order valence-electron chi connectivity index (χ4n) is 2.46. The van der Waals surface area contributed by atoms with Crippen LogP contribution in [0, 0.1) is 0 Å². The van der Waals surface area contributed by atoms with Crippen LogP contribution in [-0.4, -0.2) is 61.4 Å². The summed E-state index contributed by atoms with van der Waals surface area (Å²) in [5.74, 6) is -0.00940. The van der Waals surface area contributed by atoms with Gasteiger partial charge in [0.1, 0.15) is 29.6 Å². The van der Waals surface area contributed by atoms with Crippen LogP contribution in [-0.2, 0) is 4.74 Å². The SMILES string of the molecule is C=CCOc1nc(N)nc2c1sc(=O)n2[C@@H]1O[C@H](CO)[C@@H](O)[C@H]1O. The summed E-state index contributed by atoms with van der Waals surface area (Å²) in [6, 6.07) is 0. The summed E-state index contributed by atoms with van der Waals surface area (Å²) in [5, 5.41) is 29.2. The number of aromatic nitrogens is 3. The molecule has 3 rings (SSSR count). The summed E-state index contributed by atoms with van der Waals surface area (Å²) in [6.45, 7) is 3.19. The lowest BCUT2D eigenvalue weighted by Crippen LogP contribution is -2.34. The molecule has 10 nitrogen and oxygen atoms in total. The van der Waals surface area contributed by atoms with Gasteiger partial charge in [0.2, 0.25) is 11.8 Å². The minimum Gasteiger partial charge on any atom is -0.472 e. The van der Waals surface area contributed by atoms with Gasteiger partial charge in [0.15, 0.2) is 11.9 Å². The molecule has 0 aliphatic carbocycles. The summed E-state index contributed by atoms with van der Waals surface area (Å²) < 4.78 is 12.2. The topological polar surface area (TPSA) is 153 Å². The maximum Gasteiger partial charge on any atom is 0.311 e. The number of ether oxygens (including phenoxy) is 2. The number of aliphatic hydroxyl groups is 3. The van der Waals surface area contributed by atoms with Gasteiger partial charge in [-0.15, -0.1) is 0 Å². The molecule has 3 heterocycles. The summed E-state index contributed by atoms with van der Waals surface area (Å²) in [5.41, 5.74) is 5.77. The molecule has 1 aliphatic rings. The molecule has 24 heavy (non-hydrogen) atoms. The molecule has 1 saturated heterocycles. The minimum absolute atomic E-state index is 0.116. The zero-order chi connectivity index (χ0) is 17.4. The molecule has 2 aromatic heterocycles. The van der Waals surface area contributed by atoms with Crippen molar-refractivity contribution < 1.29 is 24.8 Å². The number of thiazole rings is 1. The molecule has 0 radical (unpaired) electrons. The number of nitrogens with two attached hydrogens (primary N) is 1. The Hall–Kier alpha value is -2.05. The van der Waals surface area contributed by atoms with Gasteiger partial charge in [-0.25, -0.2) is 0 Å². The van der Waals surface area contributed by atoms with Gasteiger partial charge >= 0.3 is 4.87 Å². The van der Waals surface area contributed by atoms with Gasteiger partial charge in [-0.1, -0.05) is 24.0 Å². The molecule has 1 fully saturated rings. The first-order chi connectivity index (χ1) is 11.5. The van der Waals surface area contributed by atoms with Crippen molar-refractivity contribution in [2.24, 2.45) is 0 Å². The molecule has 1 aliphatic heterocycles. The normalized spacial score (nSPS) is 26.8. The van der Waals surface area contributed by atoms with Crippen LogP contribution in [0.3, 0.4) is 0 Å². The largest absolute Gasteiger partial charge is 0.472 e. The predicted octanol–water partition coefficient (Wildman–Crippen LogP) is -1.39. The highest BCUT2D eigenvalue weighted by Gasteiger charge is 2.44. The third-order valence-corrected chi connectivity index (χ3v) is 4.49. The molecule has 0 spiro atoms. The fourth-order valence-corrected chi connectivity index (χ4v) is 3.35. The molecule has 0 amide bonds. The highest BCUT2D eigenvalue weighted by molar-refractivity contribution is 7.16. The van der Waals surface area contributed by atoms with Gasteiger partial charge < -0.3 is 30.5 Å². The first kappa shape index (κ1) is 16.8. The average molecular weight is 356 g/mol. The number of hydrogen-bond donors (Lipinski definition) is 4. The fraction of sp³-hybridized carbons (Fsp3) is 0.462. The van der Waals surface area contributed by atoms with E-state index < -0.39 is 36.0 Å². The van der Waals surface area contributed by atoms with Crippen molar-refractivity contribution in [3.05, 3.63) is 22.3 Å². The van der Waals surface area contributed by atoms with Crippen molar-refractivity contribution in [2.75, 3.05) is 18.9 Å². The van der Waals surface area contributed by atoms with Gasteiger partial charge in [-0.3, -0.25) is 9.36 Å². The molecule has 0 aromatic carbocycles. The van der Waals surface area contributed by atoms with E-state index in [0.29, 0.717) is 4.70 Å². The number of nitrogen functional groups attached to an aromatic ring is 1. The highest BCUT2D eigenvalue weighted by atomic mass is 32.1. The van der Waals surface area contributed by atoms with E-state index in [0.717, 1.165) is 15.9 Å². The van der Waals surface area contributed by atoms with Crippen molar-refractivity contribution in [2.45, 2.75) is 24.5 Å². The van der Waals surface area contributed by atoms with Crippen LogP contribution in [0.15, 0.2) is 17.4 Å². The Balaban J connectivity index is 2.12. The van der Waals surface area contributed by atoms with E-state index >= 15 is 0 Å². The first-order valence-electron chi connectivity index (χ1n) is 7.02. The van der Waals surface area contributed by atoms with E-state index in [-0.39, 0.29) is 24.1 Å². The van der Waals surface area contributed by atoms with Gasteiger partial charge in [0.05, 0.1) is 6.61 Å². The van der Waals surface area contributed by atoms with Crippen LogP contribution < -0.4 is 15.3 Å². The quantitative estimate of drug-likeness (QED) is 0.474. The minimum atomic E-state index is -1.41. The standard InChI is InChI=1S/C13H16N4O6S/c1-2-3-22-10-8-9(15-12(14)16-10)17(13(21)24-8)11-7(20)6(19)5(4-18)23-11/h2,5-7,11,18-20H,1,3-4H2,(H2,14,15,16)/t5-,6-,7-,11-/m1/s1. The zero-order valence-electron chi connectivity index (χ0n) is 12.4. The van der Waals surface area contributed by atoms with Gasteiger partial charge in [-0.05, 0) is 0 Å². The van der Waals surface area contributed by atoms with Crippen LogP contribution >= 0.6 is 11.3 Å². The molecule has 130 valence electrons. The summed E-state index contributed by atoms with van der Waals surface area (Å²) in [4.78, 5) is 19.8. The van der Waals surface area contributed by atoms with E-state index in [9.17, 15) is 20.1 Å². The van der Waals surface area contributed by atoms with Gasteiger partial charge in [0, 0.05) is 0 Å². The van der Waals surface area contributed by atoms with Crippen LogP contribution in [0.2, 0.25) is 0 Å². The number of aliphatic hydroxyl groups excluding tert-OH is 3. The van der Waals surface area contributed by atoms with Crippen molar-refractivity contribution in [1.82, 2.24) is 14.5 Å². The number of anilines is 1. The Kier molecular flexibility index (Phi) is 4.51. The maximum atomic E-state index is 12.4. The molecule has 0 bridgehead atoms.